The molecule has 2 aromatic carbocycles. The zero-order valence-corrected chi connectivity index (χ0v) is 19.2. The number of fused-ring (bicyclic) bond motifs is 1. The fraction of sp³-hybridized carbons (Fsp3) is 0.400. The van der Waals surface area contributed by atoms with Crippen LogP contribution in [0.5, 0.6) is 0 Å². The van der Waals surface area contributed by atoms with Crippen molar-refractivity contribution < 1.29 is 14.4 Å². The van der Waals surface area contributed by atoms with E-state index in [4.69, 9.17) is 11.6 Å². The number of thioether (sulfide) groups is 1. The summed E-state index contributed by atoms with van der Waals surface area (Å²) in [6.07, 6.45) is 9.02. The molecule has 31 heavy (non-hydrogen) atoms. The van der Waals surface area contributed by atoms with Gasteiger partial charge in [-0.3, -0.25) is 19.3 Å². The van der Waals surface area contributed by atoms with Crippen molar-refractivity contribution in [3.05, 3.63) is 64.7 Å². The molecule has 0 bridgehead atoms. The third kappa shape index (κ3) is 6.94. The van der Waals surface area contributed by atoms with Crippen LogP contribution in [0.2, 0.25) is 5.02 Å². The molecule has 0 atom stereocenters. The summed E-state index contributed by atoms with van der Waals surface area (Å²) in [6.45, 7) is 0.500. The highest BCUT2D eigenvalue weighted by Gasteiger charge is 2.34. The average molecular weight is 458 g/mol. The van der Waals surface area contributed by atoms with Gasteiger partial charge in [-0.15, -0.1) is 0 Å². The molecule has 0 radical (unpaired) electrons. The third-order valence-electron chi connectivity index (χ3n) is 5.44. The van der Waals surface area contributed by atoms with Crippen molar-refractivity contribution in [2.75, 3.05) is 6.54 Å². The number of carbonyl (C=O) groups is 3. The molecule has 0 aliphatic carbocycles. The van der Waals surface area contributed by atoms with Crippen molar-refractivity contribution >= 4 is 40.3 Å². The van der Waals surface area contributed by atoms with E-state index in [0.29, 0.717) is 29.1 Å². The zero-order valence-electron chi connectivity index (χ0n) is 17.6. The van der Waals surface area contributed by atoms with E-state index < -0.39 is 0 Å². The molecular weight excluding hydrogens is 430 g/mol. The average Bonchev–Trinajstić information content (AvgIpc) is 3.01. The van der Waals surface area contributed by atoms with E-state index in [9.17, 15) is 14.4 Å². The van der Waals surface area contributed by atoms with E-state index >= 15 is 0 Å². The summed E-state index contributed by atoms with van der Waals surface area (Å²) in [7, 11) is 0. The van der Waals surface area contributed by atoms with Crippen LogP contribution in [0.15, 0.2) is 53.4 Å². The van der Waals surface area contributed by atoms with Gasteiger partial charge in [0, 0.05) is 22.9 Å². The van der Waals surface area contributed by atoms with Gasteiger partial charge in [-0.1, -0.05) is 74.0 Å². The molecule has 4 nitrogen and oxygen atoms in total. The van der Waals surface area contributed by atoms with Crippen LogP contribution in [0, 0.1) is 0 Å². The lowest BCUT2D eigenvalue weighted by atomic mass is 10.1. The Labute approximate surface area is 193 Å². The topological polar surface area (TPSA) is 54.5 Å². The lowest BCUT2D eigenvalue weighted by Gasteiger charge is -2.13. The van der Waals surface area contributed by atoms with Crippen molar-refractivity contribution in [2.24, 2.45) is 0 Å². The number of amides is 2. The highest BCUT2D eigenvalue weighted by atomic mass is 35.5. The van der Waals surface area contributed by atoms with Crippen molar-refractivity contribution in [2.45, 2.75) is 62.7 Å². The molecule has 1 aliphatic heterocycles. The van der Waals surface area contributed by atoms with Gasteiger partial charge in [0.2, 0.25) is 0 Å². The van der Waals surface area contributed by atoms with Crippen LogP contribution >= 0.6 is 23.4 Å². The van der Waals surface area contributed by atoms with Gasteiger partial charge in [-0.05, 0) is 49.2 Å². The molecule has 0 saturated carbocycles. The van der Waals surface area contributed by atoms with Crippen LogP contribution in [-0.2, 0) is 4.79 Å². The molecule has 1 heterocycles. The molecule has 3 rings (SSSR count). The van der Waals surface area contributed by atoms with E-state index in [0.717, 1.165) is 56.3 Å². The first-order valence-electron chi connectivity index (χ1n) is 11.0. The predicted molar refractivity (Wildman–Crippen MR) is 126 cm³/mol. The third-order valence-corrected chi connectivity index (χ3v) is 6.63. The molecule has 0 spiro atoms. The Kier molecular flexibility index (Phi) is 9.16. The summed E-state index contributed by atoms with van der Waals surface area (Å²) in [5, 5.41) is 0.885. The van der Waals surface area contributed by atoms with Gasteiger partial charge in [0.1, 0.15) is 0 Å². The molecule has 6 heteroatoms. The highest BCUT2D eigenvalue weighted by Crippen LogP contribution is 2.24. The van der Waals surface area contributed by atoms with Crippen LogP contribution in [-0.4, -0.2) is 28.4 Å². The molecular formula is C25H28ClNO3S. The van der Waals surface area contributed by atoms with Crippen molar-refractivity contribution in [3.8, 4) is 0 Å². The summed E-state index contributed by atoms with van der Waals surface area (Å²) in [5.41, 5.74) is 1.05. The number of hydrogen-bond donors (Lipinski definition) is 0. The molecule has 1 aliphatic rings. The zero-order chi connectivity index (χ0) is 22.1. The maximum atomic E-state index is 12.3. The van der Waals surface area contributed by atoms with Gasteiger partial charge in [0.05, 0.1) is 11.1 Å². The number of rotatable bonds is 12. The van der Waals surface area contributed by atoms with Gasteiger partial charge in [0.25, 0.3) is 11.8 Å². The van der Waals surface area contributed by atoms with Crippen LogP contribution in [0.4, 0.5) is 0 Å². The minimum absolute atomic E-state index is 0.163. The van der Waals surface area contributed by atoms with Crippen molar-refractivity contribution in [1.82, 2.24) is 4.90 Å². The van der Waals surface area contributed by atoms with Gasteiger partial charge < -0.3 is 0 Å². The van der Waals surface area contributed by atoms with Gasteiger partial charge in [0.15, 0.2) is 5.12 Å². The van der Waals surface area contributed by atoms with Crippen LogP contribution in [0.1, 0.15) is 78.5 Å². The monoisotopic (exact) mass is 457 g/mol. The molecule has 0 aromatic heterocycles. The Morgan fingerprint density at radius 1 is 0.742 bits per heavy atom. The molecule has 164 valence electrons. The van der Waals surface area contributed by atoms with Gasteiger partial charge in [-0.2, -0.15) is 0 Å². The van der Waals surface area contributed by atoms with E-state index in [1.54, 1.807) is 36.4 Å². The first-order chi connectivity index (χ1) is 15.1. The number of hydrogen-bond acceptors (Lipinski definition) is 4. The maximum Gasteiger partial charge on any atom is 0.261 e. The second-order valence-electron chi connectivity index (χ2n) is 7.81. The van der Waals surface area contributed by atoms with E-state index in [-0.39, 0.29) is 16.9 Å². The fourth-order valence-electron chi connectivity index (χ4n) is 3.73. The fourth-order valence-corrected chi connectivity index (χ4v) is 4.63. The van der Waals surface area contributed by atoms with Crippen molar-refractivity contribution in [1.29, 1.82) is 0 Å². The molecule has 2 amide bonds. The second-order valence-corrected chi connectivity index (χ2v) is 9.38. The van der Waals surface area contributed by atoms with Crippen LogP contribution in [0.25, 0.3) is 0 Å². The Bertz CT molecular complexity index is 878. The van der Waals surface area contributed by atoms with Gasteiger partial charge >= 0.3 is 0 Å². The Hall–Kier alpha value is -2.11. The maximum absolute atomic E-state index is 12.3. The predicted octanol–water partition coefficient (Wildman–Crippen LogP) is 6.77. The smallest absolute Gasteiger partial charge is 0.261 e. The van der Waals surface area contributed by atoms with Crippen LogP contribution in [0.3, 0.4) is 0 Å². The summed E-state index contributed by atoms with van der Waals surface area (Å²) < 4.78 is 0. The normalized spacial score (nSPS) is 13.0. The summed E-state index contributed by atoms with van der Waals surface area (Å²) in [6, 6.07) is 14.4. The first kappa shape index (κ1) is 23.6. The van der Waals surface area contributed by atoms with E-state index in [2.05, 4.69) is 0 Å². The minimum atomic E-state index is -0.163. The molecule has 0 fully saturated rings. The lowest BCUT2D eigenvalue weighted by Crippen LogP contribution is -2.30. The number of benzene rings is 2. The minimum Gasteiger partial charge on any atom is -0.287 e. The lowest BCUT2D eigenvalue weighted by molar-refractivity contribution is -0.111. The standard InChI is InChI=1S/C25H28ClNO3S/c26-19-14-16-20(17-15-19)31-23(28)13-7-5-3-1-2-4-6-10-18-27-24(29)21-11-8-9-12-22(21)25(27)30/h8-9,11-12,14-17H,1-7,10,13,18H2. The number of carbonyl (C=O) groups excluding carboxylic acids is 3. The first-order valence-corrected chi connectivity index (χ1v) is 12.2. The Morgan fingerprint density at radius 2 is 1.26 bits per heavy atom. The Balaban J connectivity index is 1.18. The summed E-state index contributed by atoms with van der Waals surface area (Å²) in [4.78, 5) is 39.0. The number of halogens is 1. The summed E-state index contributed by atoms with van der Waals surface area (Å²) >= 11 is 7.14. The molecule has 0 saturated heterocycles. The number of imide groups is 1. The Morgan fingerprint density at radius 3 is 1.84 bits per heavy atom. The SMILES string of the molecule is O=C(CCCCCCCCCCN1C(=O)c2ccccc2C1=O)Sc1ccc(Cl)cc1. The van der Waals surface area contributed by atoms with E-state index in [1.165, 1.54) is 16.7 Å². The van der Waals surface area contributed by atoms with Crippen LogP contribution < -0.4 is 0 Å². The second kappa shape index (κ2) is 12.1. The quantitative estimate of drug-likeness (QED) is 0.200. The number of unbranched alkanes of at least 4 members (excludes halogenated alkanes) is 7. The largest absolute Gasteiger partial charge is 0.287 e. The van der Waals surface area contributed by atoms with E-state index in [1.807, 2.05) is 12.1 Å². The molecule has 0 N–H and O–H groups in total. The molecule has 0 unspecified atom stereocenters. The number of nitrogens with zero attached hydrogens (tertiary/aromatic N) is 1. The van der Waals surface area contributed by atoms with Crippen molar-refractivity contribution in [3.63, 3.8) is 0 Å². The van der Waals surface area contributed by atoms with Gasteiger partial charge in [-0.25, -0.2) is 0 Å². The molecule has 2 aromatic rings. The summed E-state index contributed by atoms with van der Waals surface area (Å²) in [5.74, 6) is -0.325. The highest BCUT2D eigenvalue weighted by molar-refractivity contribution is 8.13.